The normalized spacial score (nSPS) is 16.5. The molecule has 0 saturated carbocycles. The van der Waals surface area contributed by atoms with Crippen molar-refractivity contribution in [3.8, 4) is 23.0 Å². The van der Waals surface area contributed by atoms with Crippen molar-refractivity contribution in [2.24, 2.45) is 0 Å². The topological polar surface area (TPSA) is 77.7 Å². The van der Waals surface area contributed by atoms with Gasteiger partial charge in [0, 0.05) is 31.5 Å². The largest absolute Gasteiger partial charge is 0.497 e. The van der Waals surface area contributed by atoms with Gasteiger partial charge in [-0.15, -0.1) is 0 Å². The number of halogens is 3. The fourth-order valence-corrected chi connectivity index (χ4v) is 3.60. The van der Waals surface area contributed by atoms with Crippen LogP contribution in [0.3, 0.4) is 0 Å². The summed E-state index contributed by atoms with van der Waals surface area (Å²) in [5.74, 6) is 1.37. The summed E-state index contributed by atoms with van der Waals surface area (Å²) in [4.78, 5) is 18.5. The number of carbonyl (C=O) groups excluding carboxylic acids is 1. The minimum Gasteiger partial charge on any atom is -0.497 e. The van der Waals surface area contributed by atoms with Crippen LogP contribution >= 0.6 is 0 Å². The van der Waals surface area contributed by atoms with Crippen LogP contribution in [0.4, 0.5) is 13.2 Å². The van der Waals surface area contributed by atoms with Gasteiger partial charge in [0.15, 0.2) is 5.82 Å². The molecule has 32 heavy (non-hydrogen) atoms. The molecule has 1 amide bonds. The lowest BCUT2D eigenvalue weighted by atomic mass is 10.1. The molecule has 0 bridgehead atoms. The van der Waals surface area contributed by atoms with Gasteiger partial charge in [0.25, 0.3) is 5.89 Å². The minimum absolute atomic E-state index is 0.122. The highest BCUT2D eigenvalue weighted by Crippen LogP contribution is 2.35. The van der Waals surface area contributed by atoms with Crippen molar-refractivity contribution < 1.29 is 32.0 Å². The molecule has 1 aliphatic rings. The maximum absolute atomic E-state index is 12.7. The van der Waals surface area contributed by atoms with Crippen molar-refractivity contribution in [3.63, 3.8) is 0 Å². The van der Waals surface area contributed by atoms with Gasteiger partial charge in [-0.25, -0.2) is 0 Å². The average molecular weight is 447 g/mol. The van der Waals surface area contributed by atoms with Crippen LogP contribution in [-0.2, 0) is 17.5 Å². The molecular weight excluding hydrogens is 427 g/mol. The second-order valence-corrected chi connectivity index (χ2v) is 7.39. The minimum atomic E-state index is -4.39. The predicted octanol–water partition coefficient (Wildman–Crippen LogP) is 4.29. The number of nitrogens with zero attached hydrogens (tertiary/aromatic N) is 3. The second-order valence-electron chi connectivity index (χ2n) is 7.39. The molecule has 1 saturated heterocycles. The second kappa shape index (κ2) is 8.52. The summed E-state index contributed by atoms with van der Waals surface area (Å²) >= 11 is 0. The molecule has 1 atom stereocenters. The van der Waals surface area contributed by atoms with Crippen LogP contribution in [0.5, 0.6) is 11.5 Å². The molecule has 0 N–H and O–H groups in total. The summed E-state index contributed by atoms with van der Waals surface area (Å²) in [5.41, 5.74) is 0.488. The molecule has 1 aliphatic heterocycles. The SMILES string of the molecule is COc1ccc(-c2nc(C3CC(=O)N(Cc4ccc(C(F)(F)F)cc4)C3)no2)c(OC)c1. The van der Waals surface area contributed by atoms with E-state index < -0.39 is 11.7 Å². The Balaban J connectivity index is 1.47. The molecule has 2 aromatic carbocycles. The zero-order valence-corrected chi connectivity index (χ0v) is 17.3. The van der Waals surface area contributed by atoms with Gasteiger partial charge >= 0.3 is 6.18 Å². The van der Waals surface area contributed by atoms with Crippen LogP contribution in [0.25, 0.3) is 11.5 Å². The number of likely N-dealkylation sites (tertiary alicyclic amines) is 1. The number of alkyl halides is 3. The lowest BCUT2D eigenvalue weighted by Crippen LogP contribution is -2.24. The number of benzene rings is 2. The van der Waals surface area contributed by atoms with E-state index in [1.54, 1.807) is 30.2 Å². The molecular formula is C22H20F3N3O4. The van der Waals surface area contributed by atoms with E-state index in [2.05, 4.69) is 10.1 Å². The first-order valence-electron chi connectivity index (χ1n) is 9.78. The molecule has 0 radical (unpaired) electrons. The molecule has 1 aromatic heterocycles. The van der Waals surface area contributed by atoms with Crippen LogP contribution in [0, 0.1) is 0 Å². The summed E-state index contributed by atoms with van der Waals surface area (Å²) < 4.78 is 54.1. The molecule has 10 heteroatoms. The third kappa shape index (κ3) is 4.39. The van der Waals surface area contributed by atoms with Crippen molar-refractivity contribution in [1.29, 1.82) is 0 Å². The Morgan fingerprint density at radius 3 is 2.53 bits per heavy atom. The summed E-state index contributed by atoms with van der Waals surface area (Å²) in [6.07, 6.45) is -4.20. The first kappa shape index (κ1) is 21.7. The Labute approximate surface area is 181 Å². The summed E-state index contributed by atoms with van der Waals surface area (Å²) in [7, 11) is 3.07. The number of ether oxygens (including phenoxy) is 2. The van der Waals surface area contributed by atoms with Crippen LogP contribution in [0.2, 0.25) is 0 Å². The molecule has 4 rings (SSSR count). The third-order valence-electron chi connectivity index (χ3n) is 5.32. The van der Waals surface area contributed by atoms with Crippen molar-refractivity contribution in [2.45, 2.75) is 25.1 Å². The van der Waals surface area contributed by atoms with E-state index >= 15 is 0 Å². The molecule has 7 nitrogen and oxygen atoms in total. The quantitative estimate of drug-likeness (QED) is 0.561. The Hall–Kier alpha value is -3.56. The molecule has 2 heterocycles. The Bertz CT molecular complexity index is 1110. The van der Waals surface area contributed by atoms with E-state index in [1.807, 2.05) is 0 Å². The average Bonchev–Trinajstić information content (AvgIpc) is 3.40. The number of amides is 1. The van der Waals surface area contributed by atoms with Crippen LogP contribution < -0.4 is 9.47 Å². The van der Waals surface area contributed by atoms with E-state index in [9.17, 15) is 18.0 Å². The highest BCUT2D eigenvalue weighted by molar-refractivity contribution is 5.79. The zero-order chi connectivity index (χ0) is 22.9. The van der Waals surface area contributed by atoms with E-state index in [0.29, 0.717) is 35.0 Å². The summed E-state index contributed by atoms with van der Waals surface area (Å²) in [6, 6.07) is 9.97. The van der Waals surface area contributed by atoms with E-state index in [4.69, 9.17) is 14.0 Å². The van der Waals surface area contributed by atoms with Gasteiger partial charge < -0.3 is 18.9 Å². The fraction of sp³-hybridized carbons (Fsp3) is 0.318. The lowest BCUT2D eigenvalue weighted by molar-refractivity contribution is -0.137. The van der Waals surface area contributed by atoms with Crippen molar-refractivity contribution >= 4 is 5.91 Å². The summed E-state index contributed by atoms with van der Waals surface area (Å²) in [5, 5.41) is 4.03. The van der Waals surface area contributed by atoms with E-state index in [1.165, 1.54) is 19.2 Å². The van der Waals surface area contributed by atoms with Crippen molar-refractivity contribution in [1.82, 2.24) is 15.0 Å². The van der Waals surface area contributed by atoms with Gasteiger partial charge in [0.2, 0.25) is 5.91 Å². The third-order valence-corrected chi connectivity index (χ3v) is 5.32. The highest BCUT2D eigenvalue weighted by atomic mass is 19.4. The van der Waals surface area contributed by atoms with Crippen molar-refractivity contribution in [2.75, 3.05) is 20.8 Å². The maximum atomic E-state index is 12.7. The Morgan fingerprint density at radius 2 is 1.88 bits per heavy atom. The smallest absolute Gasteiger partial charge is 0.416 e. The molecule has 0 spiro atoms. The molecule has 1 fully saturated rings. The summed E-state index contributed by atoms with van der Waals surface area (Å²) in [6.45, 7) is 0.559. The molecule has 3 aromatic rings. The monoisotopic (exact) mass is 447 g/mol. The predicted molar refractivity (Wildman–Crippen MR) is 107 cm³/mol. The molecule has 168 valence electrons. The molecule has 1 unspecified atom stereocenters. The zero-order valence-electron chi connectivity index (χ0n) is 17.3. The first-order valence-corrected chi connectivity index (χ1v) is 9.78. The highest BCUT2D eigenvalue weighted by Gasteiger charge is 2.34. The van der Waals surface area contributed by atoms with Gasteiger partial charge in [-0.3, -0.25) is 4.79 Å². The standard InChI is InChI=1S/C22H20F3N3O4/c1-30-16-7-8-17(18(10-16)31-2)21-26-20(27-32-21)14-9-19(29)28(12-14)11-13-3-5-15(6-4-13)22(23,24)25/h3-8,10,14H,9,11-12H2,1-2H3. The molecule has 0 aliphatic carbocycles. The van der Waals surface area contributed by atoms with E-state index in [0.717, 1.165) is 12.1 Å². The van der Waals surface area contributed by atoms with Crippen LogP contribution in [0.1, 0.15) is 29.3 Å². The van der Waals surface area contributed by atoms with Gasteiger partial charge in [-0.2, -0.15) is 18.2 Å². The van der Waals surface area contributed by atoms with Crippen LogP contribution in [0.15, 0.2) is 47.0 Å². The number of hydrogen-bond donors (Lipinski definition) is 0. The lowest BCUT2D eigenvalue weighted by Gasteiger charge is -2.16. The number of aromatic nitrogens is 2. The van der Waals surface area contributed by atoms with E-state index in [-0.39, 0.29) is 30.7 Å². The Kier molecular flexibility index (Phi) is 5.77. The van der Waals surface area contributed by atoms with Gasteiger partial charge in [-0.1, -0.05) is 17.3 Å². The Morgan fingerprint density at radius 1 is 1.12 bits per heavy atom. The number of carbonyl (C=O) groups is 1. The van der Waals surface area contributed by atoms with Gasteiger partial charge in [0.05, 0.1) is 25.3 Å². The van der Waals surface area contributed by atoms with Crippen molar-refractivity contribution in [3.05, 3.63) is 59.4 Å². The fourth-order valence-electron chi connectivity index (χ4n) is 3.60. The first-order chi connectivity index (χ1) is 15.3. The number of methoxy groups -OCH3 is 2. The number of hydrogen-bond acceptors (Lipinski definition) is 6. The van der Waals surface area contributed by atoms with Gasteiger partial charge in [0.1, 0.15) is 11.5 Å². The van der Waals surface area contributed by atoms with Gasteiger partial charge in [-0.05, 0) is 29.8 Å². The van der Waals surface area contributed by atoms with Crippen LogP contribution in [-0.4, -0.2) is 41.7 Å². The maximum Gasteiger partial charge on any atom is 0.416 e. The number of rotatable bonds is 6.